The van der Waals surface area contributed by atoms with Crippen LogP contribution in [0.4, 0.5) is 0 Å². The quantitative estimate of drug-likeness (QED) is 0.590. The van der Waals surface area contributed by atoms with Gasteiger partial charge in [0.25, 0.3) is 5.56 Å². The third kappa shape index (κ3) is 1.24. The number of aromatic nitrogens is 3. The zero-order chi connectivity index (χ0) is 9.42. The van der Waals surface area contributed by atoms with Gasteiger partial charge in [-0.1, -0.05) is 0 Å². The molecule has 2 heterocycles. The summed E-state index contributed by atoms with van der Waals surface area (Å²) in [7, 11) is 0. The second-order valence-corrected chi connectivity index (χ2v) is 2.76. The van der Waals surface area contributed by atoms with E-state index < -0.39 is 11.2 Å². The lowest BCUT2D eigenvalue weighted by atomic mass is 10.3. The Kier molecular flexibility index (Phi) is 1.51. The Hall–Kier alpha value is -1.91. The number of nitrogens with zero attached hydrogens (tertiary/aromatic N) is 1. The van der Waals surface area contributed by atoms with Gasteiger partial charge >= 0.3 is 5.69 Å². The van der Waals surface area contributed by atoms with Gasteiger partial charge in [-0.3, -0.25) is 14.8 Å². The summed E-state index contributed by atoms with van der Waals surface area (Å²) in [5.74, 6) is 0. The van der Waals surface area contributed by atoms with E-state index >= 15 is 0 Å². The van der Waals surface area contributed by atoms with Gasteiger partial charge in [0.05, 0.1) is 5.39 Å². The number of fused-ring (bicyclic) bond motifs is 1. The maximum Gasteiger partial charge on any atom is 0.327 e. The van der Waals surface area contributed by atoms with Gasteiger partial charge < -0.3 is 0 Å². The van der Waals surface area contributed by atoms with Crippen LogP contribution in [0.2, 0.25) is 0 Å². The molecule has 2 rings (SSSR count). The van der Waals surface area contributed by atoms with Gasteiger partial charge in [0.2, 0.25) is 0 Å². The summed E-state index contributed by atoms with van der Waals surface area (Å²) in [6, 6.07) is 3.35. The number of hydrogen-bond donors (Lipinski definition) is 2. The molecule has 0 atom stereocenters. The summed E-state index contributed by atoms with van der Waals surface area (Å²) in [4.78, 5) is 30.7. The highest BCUT2D eigenvalue weighted by molar-refractivity contribution is 5.72. The maximum atomic E-state index is 11.2. The fourth-order valence-electron chi connectivity index (χ4n) is 1.14. The van der Waals surface area contributed by atoms with Crippen LogP contribution in [-0.4, -0.2) is 15.0 Å². The Bertz CT molecular complexity index is 567. The first kappa shape index (κ1) is 7.72. The van der Waals surface area contributed by atoms with Crippen molar-refractivity contribution in [3.05, 3.63) is 38.7 Å². The number of nitrogens with one attached hydrogen (secondary N) is 2. The average molecular weight is 177 g/mol. The van der Waals surface area contributed by atoms with Crippen molar-refractivity contribution in [1.29, 1.82) is 0 Å². The lowest BCUT2D eigenvalue weighted by Gasteiger charge is -1.95. The second kappa shape index (κ2) is 2.55. The topological polar surface area (TPSA) is 78.6 Å². The van der Waals surface area contributed by atoms with E-state index in [9.17, 15) is 9.59 Å². The molecular weight excluding hydrogens is 170 g/mol. The normalized spacial score (nSPS) is 10.5. The van der Waals surface area contributed by atoms with Crippen molar-refractivity contribution >= 4 is 11.0 Å². The fourth-order valence-corrected chi connectivity index (χ4v) is 1.14. The predicted octanol–water partition coefficient (Wildman–Crippen LogP) is -0.0802. The number of aryl methyl sites for hydroxylation is 1. The first-order valence-corrected chi connectivity index (χ1v) is 3.77. The molecule has 0 bridgehead atoms. The van der Waals surface area contributed by atoms with Crippen LogP contribution in [0.1, 0.15) is 5.69 Å². The number of aromatic amines is 2. The first-order chi connectivity index (χ1) is 6.16. The van der Waals surface area contributed by atoms with Gasteiger partial charge in [-0.2, -0.15) is 0 Å². The molecular formula is C8H7N3O2. The monoisotopic (exact) mass is 177 g/mol. The number of H-pyrrole nitrogens is 2. The van der Waals surface area contributed by atoms with Crippen LogP contribution in [0.25, 0.3) is 11.0 Å². The summed E-state index contributed by atoms with van der Waals surface area (Å²) < 4.78 is 0. The number of pyridine rings is 1. The Labute approximate surface area is 72.5 Å². The fraction of sp³-hybridized carbons (Fsp3) is 0.125. The smallest absolute Gasteiger partial charge is 0.291 e. The number of hydrogen-bond acceptors (Lipinski definition) is 3. The van der Waals surface area contributed by atoms with Crippen LogP contribution in [0, 0.1) is 6.92 Å². The number of rotatable bonds is 0. The van der Waals surface area contributed by atoms with Crippen molar-refractivity contribution in [3.63, 3.8) is 0 Å². The van der Waals surface area contributed by atoms with Crippen molar-refractivity contribution < 1.29 is 0 Å². The molecule has 0 aromatic carbocycles. The summed E-state index contributed by atoms with van der Waals surface area (Å²) >= 11 is 0. The third-order valence-electron chi connectivity index (χ3n) is 1.74. The molecule has 5 nitrogen and oxygen atoms in total. The van der Waals surface area contributed by atoms with E-state index in [-0.39, 0.29) is 0 Å². The van der Waals surface area contributed by atoms with E-state index in [1.165, 1.54) is 0 Å². The van der Waals surface area contributed by atoms with Gasteiger partial charge in [0.15, 0.2) is 0 Å². The molecule has 66 valence electrons. The third-order valence-corrected chi connectivity index (χ3v) is 1.74. The Balaban J connectivity index is 3.03. The van der Waals surface area contributed by atoms with Crippen molar-refractivity contribution in [3.8, 4) is 0 Å². The zero-order valence-electron chi connectivity index (χ0n) is 6.92. The van der Waals surface area contributed by atoms with E-state index in [2.05, 4.69) is 15.0 Å². The highest BCUT2D eigenvalue weighted by Gasteiger charge is 2.00. The van der Waals surface area contributed by atoms with Crippen LogP contribution in [0.3, 0.4) is 0 Å². The molecule has 2 N–H and O–H groups in total. The maximum absolute atomic E-state index is 11.2. The van der Waals surface area contributed by atoms with Crippen LogP contribution in [0.5, 0.6) is 0 Å². The van der Waals surface area contributed by atoms with E-state index in [1.54, 1.807) is 19.1 Å². The van der Waals surface area contributed by atoms with Gasteiger partial charge in [-0.25, -0.2) is 9.78 Å². The summed E-state index contributed by atoms with van der Waals surface area (Å²) in [6.45, 7) is 1.79. The largest absolute Gasteiger partial charge is 0.327 e. The molecule has 0 saturated heterocycles. The molecule has 0 aliphatic carbocycles. The van der Waals surface area contributed by atoms with E-state index in [0.29, 0.717) is 11.0 Å². The van der Waals surface area contributed by atoms with Crippen molar-refractivity contribution in [1.82, 2.24) is 15.0 Å². The van der Waals surface area contributed by atoms with E-state index in [1.807, 2.05) is 0 Å². The van der Waals surface area contributed by atoms with Gasteiger partial charge in [0.1, 0.15) is 5.65 Å². The lowest BCUT2D eigenvalue weighted by molar-refractivity contribution is 1.05. The summed E-state index contributed by atoms with van der Waals surface area (Å²) in [5, 5.41) is 0.394. The molecule has 0 saturated carbocycles. The van der Waals surface area contributed by atoms with Crippen LogP contribution in [0.15, 0.2) is 21.7 Å². The van der Waals surface area contributed by atoms with Gasteiger partial charge in [0, 0.05) is 5.69 Å². The van der Waals surface area contributed by atoms with Crippen molar-refractivity contribution in [2.24, 2.45) is 0 Å². The summed E-state index contributed by atoms with van der Waals surface area (Å²) in [6.07, 6.45) is 0. The molecule has 0 fully saturated rings. The van der Waals surface area contributed by atoms with Crippen LogP contribution < -0.4 is 11.2 Å². The Morgan fingerprint density at radius 2 is 2.00 bits per heavy atom. The molecule has 0 unspecified atom stereocenters. The Morgan fingerprint density at radius 1 is 1.23 bits per heavy atom. The average Bonchev–Trinajstić information content (AvgIpc) is 2.02. The minimum atomic E-state index is -0.532. The molecule has 0 amide bonds. The zero-order valence-corrected chi connectivity index (χ0v) is 6.92. The second-order valence-electron chi connectivity index (χ2n) is 2.76. The molecule has 0 aliphatic rings. The van der Waals surface area contributed by atoms with E-state index in [0.717, 1.165) is 5.69 Å². The van der Waals surface area contributed by atoms with Crippen LogP contribution in [-0.2, 0) is 0 Å². The van der Waals surface area contributed by atoms with Gasteiger partial charge in [-0.15, -0.1) is 0 Å². The van der Waals surface area contributed by atoms with Crippen molar-refractivity contribution in [2.45, 2.75) is 6.92 Å². The molecule has 0 spiro atoms. The molecule has 13 heavy (non-hydrogen) atoms. The minimum Gasteiger partial charge on any atom is -0.291 e. The Morgan fingerprint density at radius 3 is 2.77 bits per heavy atom. The highest BCUT2D eigenvalue weighted by atomic mass is 16.2. The predicted molar refractivity (Wildman–Crippen MR) is 47.7 cm³/mol. The molecule has 2 aromatic heterocycles. The lowest BCUT2D eigenvalue weighted by Crippen LogP contribution is -2.22. The molecule has 0 radical (unpaired) electrons. The molecule has 0 aliphatic heterocycles. The van der Waals surface area contributed by atoms with E-state index in [4.69, 9.17) is 0 Å². The van der Waals surface area contributed by atoms with Gasteiger partial charge in [-0.05, 0) is 19.1 Å². The summed E-state index contributed by atoms with van der Waals surface area (Å²) in [5.41, 5.74) is 0.143. The van der Waals surface area contributed by atoms with Crippen molar-refractivity contribution in [2.75, 3.05) is 0 Å². The standard InChI is InChI=1S/C8H7N3O2/c1-4-2-3-5-6(9-4)10-8(13)11-7(5)12/h2-3H,1H3,(H2,9,10,11,12,13). The van der Waals surface area contributed by atoms with Crippen LogP contribution >= 0.6 is 0 Å². The first-order valence-electron chi connectivity index (χ1n) is 3.77. The molecule has 2 aromatic rings. The highest BCUT2D eigenvalue weighted by Crippen LogP contribution is 2.01. The minimum absolute atomic E-state index is 0.328. The SMILES string of the molecule is Cc1ccc2c(=O)[nH]c(=O)[nH]c2n1. The molecule has 5 heteroatoms.